The summed E-state index contributed by atoms with van der Waals surface area (Å²) >= 11 is 6.04. The fourth-order valence-corrected chi connectivity index (χ4v) is 2.41. The number of nitrogens with zero attached hydrogens (tertiary/aromatic N) is 3. The van der Waals surface area contributed by atoms with E-state index in [-0.39, 0.29) is 5.75 Å². The number of fused-ring (bicyclic) bond motifs is 1. The van der Waals surface area contributed by atoms with E-state index < -0.39 is 0 Å². The van der Waals surface area contributed by atoms with Gasteiger partial charge in [-0.25, -0.2) is 0 Å². The van der Waals surface area contributed by atoms with Crippen LogP contribution in [-0.2, 0) is 0 Å². The number of nitrogens with one attached hydrogen (secondary N) is 1. The van der Waals surface area contributed by atoms with E-state index in [4.69, 9.17) is 16.3 Å². The Hall–Kier alpha value is -2.86. The van der Waals surface area contributed by atoms with Crippen LogP contribution in [0.1, 0.15) is 12.5 Å². The fourth-order valence-electron chi connectivity index (χ4n) is 2.20. The number of rotatable bonds is 5. The minimum Gasteiger partial charge on any atom is -0.504 e. The highest BCUT2D eigenvalue weighted by Crippen LogP contribution is 2.27. The number of hydrogen-bond acceptors (Lipinski definition) is 6. The molecular weight excluding hydrogens is 328 g/mol. The second-order valence-corrected chi connectivity index (χ2v) is 5.27. The number of anilines is 1. The maximum absolute atomic E-state index is 9.70. The summed E-state index contributed by atoms with van der Waals surface area (Å²) in [5.41, 5.74) is 3.64. The van der Waals surface area contributed by atoms with Crippen molar-refractivity contribution in [3.05, 3.63) is 53.2 Å². The molecule has 3 rings (SSSR count). The van der Waals surface area contributed by atoms with Crippen LogP contribution in [0.25, 0.3) is 10.8 Å². The van der Waals surface area contributed by atoms with Crippen LogP contribution in [0, 0.1) is 0 Å². The van der Waals surface area contributed by atoms with Crippen molar-refractivity contribution in [3.63, 3.8) is 0 Å². The van der Waals surface area contributed by atoms with Crippen molar-refractivity contribution in [3.8, 4) is 11.5 Å². The van der Waals surface area contributed by atoms with Crippen LogP contribution < -0.4 is 10.2 Å². The second-order valence-electron chi connectivity index (χ2n) is 4.92. The van der Waals surface area contributed by atoms with Gasteiger partial charge in [0.25, 0.3) is 0 Å². The van der Waals surface area contributed by atoms with Crippen LogP contribution in [0.2, 0.25) is 5.15 Å². The van der Waals surface area contributed by atoms with Gasteiger partial charge in [-0.05, 0) is 30.7 Å². The molecule has 122 valence electrons. The average Bonchev–Trinajstić information content (AvgIpc) is 2.60. The summed E-state index contributed by atoms with van der Waals surface area (Å²) in [6, 6.07) is 12.5. The maximum Gasteiger partial charge on any atom is 0.176 e. The quantitative estimate of drug-likeness (QED) is 0.544. The molecule has 0 spiro atoms. The molecule has 6 nitrogen and oxygen atoms in total. The predicted octanol–water partition coefficient (Wildman–Crippen LogP) is 3.83. The molecule has 0 saturated carbocycles. The van der Waals surface area contributed by atoms with E-state index >= 15 is 0 Å². The summed E-state index contributed by atoms with van der Waals surface area (Å²) < 4.78 is 5.34. The lowest BCUT2D eigenvalue weighted by Crippen LogP contribution is -1.98. The largest absolute Gasteiger partial charge is 0.504 e. The molecule has 0 amide bonds. The molecule has 1 heterocycles. The van der Waals surface area contributed by atoms with Crippen LogP contribution in [0.3, 0.4) is 0 Å². The second kappa shape index (κ2) is 7.14. The average molecular weight is 343 g/mol. The zero-order chi connectivity index (χ0) is 16.9. The first-order chi connectivity index (χ1) is 11.7. The summed E-state index contributed by atoms with van der Waals surface area (Å²) in [7, 11) is 0. The molecule has 0 atom stereocenters. The Labute approximate surface area is 143 Å². The summed E-state index contributed by atoms with van der Waals surface area (Å²) in [5.74, 6) is 1.02. The lowest BCUT2D eigenvalue weighted by atomic mass is 10.2. The first-order valence-corrected chi connectivity index (χ1v) is 7.72. The Kier molecular flexibility index (Phi) is 4.77. The molecule has 0 aliphatic rings. The predicted molar refractivity (Wildman–Crippen MR) is 95.0 cm³/mol. The number of aromatic nitrogens is 2. The van der Waals surface area contributed by atoms with E-state index in [1.807, 2.05) is 31.2 Å². The third-order valence-electron chi connectivity index (χ3n) is 3.31. The maximum atomic E-state index is 9.70. The van der Waals surface area contributed by atoms with E-state index in [9.17, 15) is 5.11 Å². The zero-order valence-corrected chi connectivity index (χ0v) is 13.7. The highest BCUT2D eigenvalue weighted by atomic mass is 35.5. The monoisotopic (exact) mass is 342 g/mol. The lowest BCUT2D eigenvalue weighted by Gasteiger charge is -2.06. The smallest absolute Gasteiger partial charge is 0.176 e. The number of phenolic OH excluding ortho intramolecular Hbond substituents is 1. The molecule has 2 aromatic carbocycles. The number of phenols is 1. The number of ether oxygens (including phenoxy) is 1. The molecule has 7 heteroatoms. The molecule has 0 aliphatic heterocycles. The van der Waals surface area contributed by atoms with Gasteiger partial charge in [-0.3, -0.25) is 5.43 Å². The van der Waals surface area contributed by atoms with Gasteiger partial charge in [0.05, 0.1) is 12.8 Å². The van der Waals surface area contributed by atoms with Gasteiger partial charge in [-0.1, -0.05) is 35.9 Å². The molecule has 0 bridgehead atoms. The number of benzene rings is 2. The molecule has 0 saturated heterocycles. The lowest BCUT2D eigenvalue weighted by molar-refractivity contribution is 0.318. The SMILES string of the molecule is CCOc1cc(/C=N/Nc2nnc(Cl)c3ccccc23)ccc1O. The van der Waals surface area contributed by atoms with E-state index in [1.165, 1.54) is 0 Å². The van der Waals surface area contributed by atoms with Gasteiger partial charge in [-0.15, -0.1) is 10.2 Å². The molecular formula is C17H15ClN4O2. The summed E-state index contributed by atoms with van der Waals surface area (Å²) in [6.07, 6.45) is 1.60. The van der Waals surface area contributed by atoms with Crippen molar-refractivity contribution in [1.29, 1.82) is 0 Å². The highest BCUT2D eigenvalue weighted by molar-refractivity contribution is 6.34. The minimum absolute atomic E-state index is 0.0940. The fraction of sp³-hybridized carbons (Fsp3) is 0.118. The minimum atomic E-state index is 0.0940. The van der Waals surface area contributed by atoms with Crippen LogP contribution in [0.4, 0.5) is 5.82 Å². The van der Waals surface area contributed by atoms with Gasteiger partial charge >= 0.3 is 0 Å². The van der Waals surface area contributed by atoms with Crippen LogP contribution >= 0.6 is 11.6 Å². The number of halogens is 1. The number of hydrogen-bond donors (Lipinski definition) is 2. The van der Waals surface area contributed by atoms with Crippen LogP contribution in [0.5, 0.6) is 11.5 Å². The van der Waals surface area contributed by atoms with Crippen molar-refractivity contribution in [2.75, 3.05) is 12.0 Å². The summed E-state index contributed by atoms with van der Waals surface area (Å²) in [4.78, 5) is 0. The van der Waals surface area contributed by atoms with Crippen molar-refractivity contribution >= 4 is 34.4 Å². The summed E-state index contributed by atoms with van der Waals surface area (Å²) in [6.45, 7) is 2.32. The molecule has 0 unspecified atom stereocenters. The molecule has 24 heavy (non-hydrogen) atoms. The van der Waals surface area contributed by atoms with Crippen LogP contribution in [0.15, 0.2) is 47.6 Å². The van der Waals surface area contributed by atoms with Crippen molar-refractivity contribution < 1.29 is 9.84 Å². The third-order valence-corrected chi connectivity index (χ3v) is 3.59. The van der Waals surface area contributed by atoms with Crippen molar-refractivity contribution in [2.24, 2.45) is 5.10 Å². The summed E-state index contributed by atoms with van der Waals surface area (Å²) in [5, 5.41) is 23.8. The van der Waals surface area contributed by atoms with Gasteiger partial charge < -0.3 is 9.84 Å². The van der Waals surface area contributed by atoms with Gasteiger partial charge in [0.1, 0.15) is 0 Å². The number of aromatic hydroxyl groups is 1. The van der Waals surface area contributed by atoms with E-state index in [0.717, 1.165) is 16.3 Å². The van der Waals surface area contributed by atoms with Gasteiger partial charge in [0.2, 0.25) is 0 Å². The normalized spacial score (nSPS) is 11.1. The number of hydrazone groups is 1. The standard InChI is InChI=1S/C17H15ClN4O2/c1-2-24-15-9-11(7-8-14(15)23)10-19-21-17-13-6-4-3-5-12(13)16(18)20-22-17/h3-10,23H,2H2,1H3,(H,21,22)/b19-10+. The van der Waals surface area contributed by atoms with Crippen molar-refractivity contribution in [1.82, 2.24) is 10.2 Å². The highest BCUT2D eigenvalue weighted by Gasteiger charge is 2.06. The first kappa shape index (κ1) is 16.0. The van der Waals surface area contributed by atoms with E-state index in [2.05, 4.69) is 20.7 Å². The van der Waals surface area contributed by atoms with Gasteiger partial charge in [-0.2, -0.15) is 5.10 Å². The Bertz CT molecular complexity index is 899. The topological polar surface area (TPSA) is 79.6 Å². The molecule has 0 aliphatic carbocycles. The Morgan fingerprint density at radius 1 is 1.21 bits per heavy atom. The van der Waals surface area contributed by atoms with Crippen LogP contribution in [-0.4, -0.2) is 28.1 Å². The van der Waals surface area contributed by atoms with Gasteiger partial charge in [0, 0.05) is 10.8 Å². The Balaban J connectivity index is 1.82. The van der Waals surface area contributed by atoms with E-state index in [1.54, 1.807) is 24.4 Å². The molecule has 0 radical (unpaired) electrons. The Morgan fingerprint density at radius 3 is 2.79 bits per heavy atom. The first-order valence-electron chi connectivity index (χ1n) is 7.35. The van der Waals surface area contributed by atoms with E-state index in [0.29, 0.717) is 23.3 Å². The molecule has 0 fully saturated rings. The molecule has 2 N–H and O–H groups in total. The third kappa shape index (κ3) is 3.38. The molecule has 1 aromatic heterocycles. The Morgan fingerprint density at radius 2 is 2.00 bits per heavy atom. The van der Waals surface area contributed by atoms with Crippen molar-refractivity contribution in [2.45, 2.75) is 6.92 Å². The zero-order valence-electron chi connectivity index (χ0n) is 12.9. The van der Waals surface area contributed by atoms with Gasteiger partial charge in [0.15, 0.2) is 22.5 Å². The molecule has 3 aromatic rings.